The number of amides is 1. The molecule has 2 rings (SSSR count). The van der Waals surface area contributed by atoms with Gasteiger partial charge in [0.2, 0.25) is 0 Å². The monoisotopic (exact) mass is 243 g/mol. The van der Waals surface area contributed by atoms with Gasteiger partial charge in [-0.05, 0) is 39.2 Å². The Morgan fingerprint density at radius 1 is 1.28 bits per heavy atom. The molecule has 2 radical (unpaired) electrons. The summed E-state index contributed by atoms with van der Waals surface area (Å²) in [5.74, 6) is 0. The number of rotatable bonds is 2. The number of carbonyl (C=O) groups excluding carboxylic acids is 1. The van der Waals surface area contributed by atoms with Gasteiger partial charge in [-0.25, -0.2) is 4.79 Å². The van der Waals surface area contributed by atoms with Gasteiger partial charge in [-0.15, -0.1) is 0 Å². The van der Waals surface area contributed by atoms with Gasteiger partial charge >= 0.3 is 6.09 Å². The van der Waals surface area contributed by atoms with Gasteiger partial charge in [-0.2, -0.15) is 0 Å². The molecule has 1 saturated carbocycles. The van der Waals surface area contributed by atoms with Crippen LogP contribution in [0.1, 0.15) is 39.2 Å². The standard InChI is InChI=1S/C14H18BNO2/c1-13(2,3)18-12(17)16-14(8-9-14)10-4-6-11(15)7-5-10/h4-7H,8-9H2,1-3H3,(H,16,17). The molecule has 0 atom stereocenters. The van der Waals surface area contributed by atoms with Crippen molar-refractivity contribution < 1.29 is 9.53 Å². The highest BCUT2D eigenvalue weighted by molar-refractivity contribution is 6.32. The van der Waals surface area contributed by atoms with Crippen LogP contribution in [0.25, 0.3) is 0 Å². The third kappa shape index (κ3) is 3.06. The molecule has 1 aliphatic rings. The van der Waals surface area contributed by atoms with E-state index in [0.29, 0.717) is 0 Å². The third-order valence-corrected chi connectivity index (χ3v) is 2.95. The van der Waals surface area contributed by atoms with Crippen molar-refractivity contribution in [3.05, 3.63) is 29.8 Å². The lowest BCUT2D eigenvalue weighted by Crippen LogP contribution is -2.39. The molecule has 1 N–H and O–H groups in total. The molecule has 18 heavy (non-hydrogen) atoms. The number of hydrogen-bond acceptors (Lipinski definition) is 2. The molecular formula is C14H18BNO2. The van der Waals surface area contributed by atoms with Crippen molar-refractivity contribution in [2.24, 2.45) is 0 Å². The van der Waals surface area contributed by atoms with Crippen molar-refractivity contribution in [1.29, 1.82) is 0 Å². The van der Waals surface area contributed by atoms with Crippen molar-refractivity contribution in [2.45, 2.75) is 44.8 Å². The molecular weight excluding hydrogens is 225 g/mol. The maximum atomic E-state index is 11.8. The van der Waals surface area contributed by atoms with Crippen LogP contribution in [-0.2, 0) is 10.3 Å². The molecule has 4 heteroatoms. The van der Waals surface area contributed by atoms with E-state index in [-0.39, 0.29) is 11.6 Å². The van der Waals surface area contributed by atoms with Crippen molar-refractivity contribution in [3.63, 3.8) is 0 Å². The zero-order valence-corrected chi connectivity index (χ0v) is 11.1. The fourth-order valence-electron chi connectivity index (χ4n) is 1.91. The molecule has 1 aromatic rings. The predicted molar refractivity (Wildman–Crippen MR) is 72.1 cm³/mol. The summed E-state index contributed by atoms with van der Waals surface area (Å²) in [6, 6.07) is 7.62. The smallest absolute Gasteiger partial charge is 0.408 e. The minimum Gasteiger partial charge on any atom is -0.444 e. The first-order valence-corrected chi connectivity index (χ1v) is 6.18. The molecule has 0 aliphatic heterocycles. The largest absolute Gasteiger partial charge is 0.444 e. The van der Waals surface area contributed by atoms with E-state index in [1.165, 1.54) is 0 Å². The Labute approximate surface area is 109 Å². The summed E-state index contributed by atoms with van der Waals surface area (Å²) in [4.78, 5) is 11.8. The van der Waals surface area contributed by atoms with Crippen LogP contribution in [0.4, 0.5) is 4.79 Å². The minimum atomic E-state index is -0.471. The fraction of sp³-hybridized carbons (Fsp3) is 0.500. The molecule has 0 unspecified atom stereocenters. The van der Waals surface area contributed by atoms with Crippen molar-refractivity contribution in [2.75, 3.05) is 0 Å². The van der Waals surface area contributed by atoms with Crippen LogP contribution in [0.2, 0.25) is 0 Å². The summed E-state index contributed by atoms with van der Waals surface area (Å²) >= 11 is 0. The van der Waals surface area contributed by atoms with Crippen molar-refractivity contribution in [1.82, 2.24) is 5.32 Å². The maximum absolute atomic E-state index is 11.8. The third-order valence-electron chi connectivity index (χ3n) is 2.95. The van der Waals surface area contributed by atoms with Crippen LogP contribution in [0, 0.1) is 0 Å². The minimum absolute atomic E-state index is 0.254. The Hall–Kier alpha value is -1.45. The molecule has 1 aliphatic carbocycles. The lowest BCUT2D eigenvalue weighted by molar-refractivity contribution is 0.0495. The average molecular weight is 243 g/mol. The normalized spacial score (nSPS) is 17.1. The predicted octanol–water partition coefficient (Wildman–Crippen LogP) is 1.99. The molecule has 0 spiro atoms. The van der Waals surface area contributed by atoms with Gasteiger partial charge in [0.15, 0.2) is 0 Å². The van der Waals surface area contributed by atoms with Gasteiger partial charge in [-0.1, -0.05) is 29.7 Å². The molecule has 0 bridgehead atoms. The van der Waals surface area contributed by atoms with Gasteiger partial charge in [0.25, 0.3) is 0 Å². The highest BCUT2D eigenvalue weighted by atomic mass is 16.6. The average Bonchev–Trinajstić information content (AvgIpc) is 2.96. The van der Waals surface area contributed by atoms with Gasteiger partial charge in [0.1, 0.15) is 13.4 Å². The van der Waals surface area contributed by atoms with E-state index in [9.17, 15) is 4.79 Å². The second-order valence-electron chi connectivity index (χ2n) is 5.83. The van der Waals surface area contributed by atoms with Crippen LogP contribution >= 0.6 is 0 Å². The van der Waals surface area contributed by atoms with Gasteiger partial charge in [0, 0.05) is 0 Å². The Morgan fingerprint density at radius 2 is 1.83 bits per heavy atom. The van der Waals surface area contributed by atoms with Crippen LogP contribution in [0.15, 0.2) is 24.3 Å². The maximum Gasteiger partial charge on any atom is 0.408 e. The second-order valence-corrected chi connectivity index (χ2v) is 5.83. The molecule has 3 nitrogen and oxygen atoms in total. The Kier molecular flexibility index (Phi) is 3.13. The van der Waals surface area contributed by atoms with Crippen LogP contribution < -0.4 is 10.8 Å². The molecule has 1 amide bonds. The fourth-order valence-corrected chi connectivity index (χ4v) is 1.91. The number of alkyl carbamates (subject to hydrolysis) is 1. The second kappa shape index (κ2) is 4.34. The lowest BCUT2D eigenvalue weighted by atomic mass is 9.93. The van der Waals surface area contributed by atoms with E-state index >= 15 is 0 Å². The van der Waals surface area contributed by atoms with Crippen molar-refractivity contribution in [3.8, 4) is 0 Å². The lowest BCUT2D eigenvalue weighted by Gasteiger charge is -2.23. The summed E-state index contributed by atoms with van der Waals surface area (Å²) in [6.45, 7) is 5.57. The van der Waals surface area contributed by atoms with Gasteiger partial charge in [0.05, 0.1) is 5.54 Å². The van der Waals surface area contributed by atoms with Crippen LogP contribution in [0.5, 0.6) is 0 Å². The molecule has 1 aromatic carbocycles. The van der Waals surface area contributed by atoms with Crippen molar-refractivity contribution >= 4 is 19.4 Å². The van der Waals surface area contributed by atoms with E-state index in [0.717, 1.165) is 23.9 Å². The zero-order chi connectivity index (χ0) is 13.4. The van der Waals surface area contributed by atoms with Crippen LogP contribution in [0.3, 0.4) is 0 Å². The summed E-state index contributed by atoms with van der Waals surface area (Å²) in [5.41, 5.74) is 1.09. The molecule has 94 valence electrons. The van der Waals surface area contributed by atoms with E-state index in [1.807, 2.05) is 45.0 Å². The SMILES string of the molecule is [B]c1ccc(C2(NC(=O)OC(C)(C)C)CC2)cc1. The Bertz CT molecular complexity index is 444. The topological polar surface area (TPSA) is 38.3 Å². The van der Waals surface area contributed by atoms with Gasteiger partial charge < -0.3 is 10.1 Å². The summed E-state index contributed by atoms with van der Waals surface area (Å²) in [6.07, 6.45) is 1.52. The number of ether oxygens (including phenoxy) is 1. The summed E-state index contributed by atoms with van der Waals surface area (Å²) < 4.78 is 5.28. The van der Waals surface area contributed by atoms with E-state index in [2.05, 4.69) is 5.32 Å². The van der Waals surface area contributed by atoms with Crippen LogP contribution in [-0.4, -0.2) is 19.5 Å². The van der Waals surface area contributed by atoms with E-state index in [4.69, 9.17) is 12.6 Å². The number of benzene rings is 1. The summed E-state index contributed by atoms with van der Waals surface area (Å²) in [5, 5.41) is 2.96. The number of hydrogen-bond donors (Lipinski definition) is 1. The highest BCUT2D eigenvalue weighted by Crippen LogP contribution is 2.45. The number of nitrogens with one attached hydrogen (secondary N) is 1. The molecule has 0 heterocycles. The molecule has 0 aromatic heterocycles. The van der Waals surface area contributed by atoms with E-state index in [1.54, 1.807) is 0 Å². The Morgan fingerprint density at radius 3 is 2.28 bits per heavy atom. The number of carbonyl (C=O) groups is 1. The molecule has 0 saturated heterocycles. The first-order valence-electron chi connectivity index (χ1n) is 6.18. The Balaban J connectivity index is 2.04. The zero-order valence-electron chi connectivity index (χ0n) is 11.1. The first kappa shape index (κ1) is 13.0. The highest BCUT2D eigenvalue weighted by Gasteiger charge is 2.46. The first-order chi connectivity index (χ1) is 8.31. The quantitative estimate of drug-likeness (QED) is 0.806. The van der Waals surface area contributed by atoms with Gasteiger partial charge in [-0.3, -0.25) is 0 Å². The van der Waals surface area contributed by atoms with E-state index < -0.39 is 5.60 Å². The molecule has 1 fully saturated rings. The summed E-state index contributed by atoms with van der Waals surface area (Å²) in [7, 11) is 5.66.